The van der Waals surface area contributed by atoms with E-state index >= 15 is 0 Å². The van der Waals surface area contributed by atoms with Crippen LogP contribution in [0, 0.1) is 0 Å². The molecule has 1 aliphatic rings. The molecule has 20 heavy (non-hydrogen) atoms. The Kier molecular flexibility index (Phi) is 3.82. The summed E-state index contributed by atoms with van der Waals surface area (Å²) in [7, 11) is 4.78. The van der Waals surface area contributed by atoms with Crippen LogP contribution in [0.1, 0.15) is 9.68 Å². The Morgan fingerprint density at radius 1 is 1.00 bits per heavy atom. The molecule has 1 heterocycles. The van der Waals surface area contributed by atoms with Crippen LogP contribution in [-0.2, 0) is 6.54 Å². The number of nitrogens with zero attached hydrogens (tertiary/aromatic N) is 2. The Bertz CT molecular complexity index is 529. The number of likely N-dealkylation sites (N-methyl/N-ethyl adjacent to an activating group) is 1. The first-order chi connectivity index (χ1) is 10.9. The molecule has 1 saturated heterocycles. The molecule has 0 bridgehead atoms. The van der Waals surface area contributed by atoms with Crippen molar-refractivity contribution in [2.24, 2.45) is 0 Å². The summed E-state index contributed by atoms with van der Waals surface area (Å²) in [4.78, 5) is 3.75. The minimum Gasteiger partial charge on any atom is -0.493 e. The van der Waals surface area contributed by atoms with Gasteiger partial charge < -0.3 is 19.1 Å². The van der Waals surface area contributed by atoms with Crippen molar-refractivity contribution < 1.29 is 18.3 Å². The molecule has 0 radical (unpaired) electrons. The highest BCUT2D eigenvalue weighted by molar-refractivity contribution is 5.55. The van der Waals surface area contributed by atoms with Crippen molar-refractivity contribution in [3.05, 3.63) is 17.7 Å². The second-order valence-electron chi connectivity index (χ2n) is 4.76. The van der Waals surface area contributed by atoms with Crippen LogP contribution in [0.4, 0.5) is 0 Å². The average molecular weight is 283 g/mol. The largest absolute Gasteiger partial charge is 0.493 e. The number of rotatable bonds is 5. The van der Waals surface area contributed by atoms with Gasteiger partial charge in [0.2, 0.25) is 5.75 Å². The molecule has 0 saturated carbocycles. The Morgan fingerprint density at radius 3 is 2.25 bits per heavy atom. The third-order valence-electron chi connectivity index (χ3n) is 3.55. The standard InChI is InChI=1S/C15H24N2O3/c1-16-7-9-17(10-8-16)11-12-5-6-13(18-2)15(20-4)14(12)19-3/h5-6H,7-11H2,1-4H3/i1D3. The van der Waals surface area contributed by atoms with Gasteiger partial charge in [0.05, 0.1) is 21.3 Å². The lowest BCUT2D eigenvalue weighted by atomic mass is 10.1. The molecule has 5 heteroatoms. The number of hydrogen-bond acceptors (Lipinski definition) is 5. The van der Waals surface area contributed by atoms with E-state index in [-0.39, 0.29) is 0 Å². The van der Waals surface area contributed by atoms with Crippen LogP contribution >= 0.6 is 0 Å². The smallest absolute Gasteiger partial charge is 0.203 e. The number of piperazine rings is 1. The molecule has 2 rings (SSSR count). The molecule has 0 spiro atoms. The minimum absolute atomic E-state index is 0.534. The summed E-state index contributed by atoms with van der Waals surface area (Å²) in [6.07, 6.45) is 0. The van der Waals surface area contributed by atoms with Crippen LogP contribution in [0.25, 0.3) is 0 Å². The van der Waals surface area contributed by atoms with Gasteiger partial charge in [0.25, 0.3) is 0 Å². The van der Waals surface area contributed by atoms with Crippen molar-refractivity contribution in [1.29, 1.82) is 0 Å². The van der Waals surface area contributed by atoms with Crippen LogP contribution < -0.4 is 14.2 Å². The molecular formula is C15H24N2O3. The van der Waals surface area contributed by atoms with E-state index in [1.54, 1.807) is 21.3 Å². The molecule has 0 N–H and O–H groups in total. The highest BCUT2D eigenvalue weighted by atomic mass is 16.5. The first kappa shape index (κ1) is 11.2. The van der Waals surface area contributed by atoms with Gasteiger partial charge in [-0.2, -0.15) is 0 Å². The third-order valence-corrected chi connectivity index (χ3v) is 3.55. The lowest BCUT2D eigenvalue weighted by Gasteiger charge is -2.32. The fourth-order valence-electron chi connectivity index (χ4n) is 2.43. The molecule has 112 valence electrons. The molecule has 5 nitrogen and oxygen atoms in total. The Hall–Kier alpha value is -1.46. The zero-order valence-electron chi connectivity index (χ0n) is 15.3. The van der Waals surface area contributed by atoms with Crippen LogP contribution in [0.15, 0.2) is 12.1 Å². The number of hydrogen-bond donors (Lipinski definition) is 0. The number of methoxy groups -OCH3 is 3. The summed E-state index contributed by atoms with van der Waals surface area (Å²) in [5, 5.41) is 0. The molecule has 1 aromatic rings. The van der Waals surface area contributed by atoms with Gasteiger partial charge in [-0.3, -0.25) is 4.90 Å². The highest BCUT2D eigenvalue weighted by Gasteiger charge is 2.19. The fourth-order valence-corrected chi connectivity index (χ4v) is 2.43. The van der Waals surface area contributed by atoms with Crippen LogP contribution in [0.3, 0.4) is 0 Å². The topological polar surface area (TPSA) is 34.2 Å². The summed E-state index contributed by atoms with van der Waals surface area (Å²) >= 11 is 0. The van der Waals surface area contributed by atoms with Crippen molar-refractivity contribution in [2.75, 3.05) is 54.5 Å². The predicted molar refractivity (Wildman–Crippen MR) is 78.9 cm³/mol. The summed E-state index contributed by atoms with van der Waals surface area (Å²) in [5.74, 6) is 1.86. The third kappa shape index (κ3) is 3.16. The molecule has 1 aliphatic heterocycles. The van der Waals surface area contributed by atoms with E-state index in [1.807, 2.05) is 12.1 Å². The first-order valence-electron chi connectivity index (χ1n) is 8.16. The van der Waals surface area contributed by atoms with E-state index in [9.17, 15) is 0 Å². The van der Waals surface area contributed by atoms with Gasteiger partial charge in [-0.15, -0.1) is 0 Å². The van der Waals surface area contributed by atoms with E-state index in [0.717, 1.165) is 5.56 Å². The van der Waals surface area contributed by atoms with Gasteiger partial charge in [-0.1, -0.05) is 6.07 Å². The van der Waals surface area contributed by atoms with Gasteiger partial charge in [-0.05, 0) is 13.0 Å². The van der Waals surface area contributed by atoms with Crippen molar-refractivity contribution in [1.82, 2.24) is 9.80 Å². The summed E-state index contributed by atoms with van der Waals surface area (Å²) in [6.45, 7) is 1.15. The number of ether oxygens (including phenoxy) is 3. The Morgan fingerprint density at radius 2 is 1.70 bits per heavy atom. The maximum Gasteiger partial charge on any atom is 0.203 e. The summed E-state index contributed by atoms with van der Waals surface area (Å²) in [5.41, 5.74) is 0.993. The lowest BCUT2D eigenvalue weighted by molar-refractivity contribution is 0.147. The quantitative estimate of drug-likeness (QED) is 0.817. The van der Waals surface area contributed by atoms with Gasteiger partial charge in [0.1, 0.15) is 0 Å². The molecule has 0 aromatic heterocycles. The van der Waals surface area contributed by atoms with Gasteiger partial charge >= 0.3 is 0 Å². The molecule has 1 fully saturated rings. The van der Waals surface area contributed by atoms with E-state index in [1.165, 1.54) is 4.90 Å². The first-order valence-corrected chi connectivity index (χ1v) is 6.66. The van der Waals surface area contributed by atoms with E-state index < -0.39 is 6.98 Å². The van der Waals surface area contributed by atoms with Gasteiger partial charge in [0.15, 0.2) is 11.5 Å². The maximum atomic E-state index is 7.47. The normalized spacial score (nSPS) is 19.9. The fraction of sp³-hybridized carbons (Fsp3) is 0.600. The second kappa shape index (κ2) is 6.81. The Balaban J connectivity index is 2.09. The highest BCUT2D eigenvalue weighted by Crippen LogP contribution is 2.40. The SMILES string of the molecule is [2H]C([2H])([2H])N1CCN(Cc2ccc(OC)c(OC)c2OC)CC1. The zero-order chi connectivity index (χ0) is 17.0. The van der Waals surface area contributed by atoms with Crippen molar-refractivity contribution >= 4 is 0 Å². The average Bonchev–Trinajstić information content (AvgIpc) is 2.53. The van der Waals surface area contributed by atoms with Gasteiger partial charge in [-0.25, -0.2) is 0 Å². The molecule has 0 amide bonds. The van der Waals surface area contributed by atoms with Crippen molar-refractivity contribution in [3.63, 3.8) is 0 Å². The molecule has 0 aliphatic carbocycles. The van der Waals surface area contributed by atoms with E-state index in [4.69, 9.17) is 18.3 Å². The molecule has 0 unspecified atom stereocenters. The lowest BCUT2D eigenvalue weighted by Crippen LogP contribution is -2.43. The Labute approximate surface area is 125 Å². The van der Waals surface area contributed by atoms with Crippen LogP contribution in [0.2, 0.25) is 0 Å². The molecule has 1 aromatic carbocycles. The zero-order valence-corrected chi connectivity index (χ0v) is 12.3. The van der Waals surface area contributed by atoms with E-state index in [0.29, 0.717) is 50.0 Å². The van der Waals surface area contributed by atoms with Crippen molar-refractivity contribution in [2.45, 2.75) is 6.54 Å². The molecular weight excluding hydrogens is 256 g/mol. The second-order valence-corrected chi connectivity index (χ2v) is 4.76. The maximum absolute atomic E-state index is 7.47. The van der Waals surface area contributed by atoms with Gasteiger partial charge in [0, 0.05) is 42.4 Å². The minimum atomic E-state index is -2.01. The predicted octanol–water partition coefficient (Wildman–Crippen LogP) is 1.46. The summed E-state index contributed by atoms with van der Waals surface area (Å²) in [6, 6.07) is 3.81. The van der Waals surface area contributed by atoms with Crippen LogP contribution in [-0.4, -0.2) is 64.3 Å². The molecule has 0 atom stereocenters. The summed E-state index contributed by atoms with van der Waals surface area (Å²) < 4.78 is 38.6. The van der Waals surface area contributed by atoms with Crippen molar-refractivity contribution in [3.8, 4) is 17.2 Å². The monoisotopic (exact) mass is 283 g/mol. The van der Waals surface area contributed by atoms with Crippen LogP contribution in [0.5, 0.6) is 17.2 Å². The number of benzene rings is 1. The van der Waals surface area contributed by atoms with E-state index in [2.05, 4.69) is 4.90 Å².